The number of aliphatic hydroxyl groups excluding tert-OH is 1. The van der Waals surface area contributed by atoms with E-state index in [1.165, 1.54) is 37.7 Å². The minimum absolute atomic E-state index is 0.162. The monoisotopic (exact) mass is 444 g/mol. The summed E-state index contributed by atoms with van der Waals surface area (Å²) < 4.78 is 0. The molecule has 4 aliphatic carbocycles. The lowest BCUT2D eigenvalue weighted by molar-refractivity contribution is -0.296. The van der Waals surface area contributed by atoms with E-state index in [4.69, 9.17) is 4.89 Å². The summed E-state index contributed by atoms with van der Waals surface area (Å²) in [5.74, 6) is 4.23. The van der Waals surface area contributed by atoms with Gasteiger partial charge in [-0.3, -0.25) is 5.26 Å². The van der Waals surface area contributed by atoms with Crippen LogP contribution < -0.4 is 0 Å². The average Bonchev–Trinajstić information content (AvgIpc) is 3.11. The highest BCUT2D eigenvalue weighted by atomic mass is 17.1. The summed E-state index contributed by atoms with van der Waals surface area (Å²) in [7, 11) is 0. The largest absolute Gasteiger partial charge is 0.393 e. The average molecular weight is 445 g/mol. The molecule has 3 nitrogen and oxygen atoms in total. The minimum Gasteiger partial charge on any atom is -0.393 e. The second-order valence-electron chi connectivity index (χ2n) is 12.7. The van der Waals surface area contributed by atoms with Crippen LogP contribution in [0.1, 0.15) is 92.9 Å². The first kappa shape index (κ1) is 24.5. The summed E-state index contributed by atoms with van der Waals surface area (Å²) >= 11 is 0. The standard InChI is InChI=1S/C29H48O3/c1-7-20(18(2)3)9-8-19(4)23-10-11-24-27-25(13-15-29(23,24)6)28(5)14-12-22(30)16-21(28)17-26(27)32-31/h8-9,17-20,22-27,30-31H,7,10-16H2,1-6H3/b9-8+/t19-,20+,22+,23-,24-,25+,26-,27+,28+,29-/m1/s1. The van der Waals surface area contributed by atoms with Crippen molar-refractivity contribution in [1.29, 1.82) is 0 Å². The van der Waals surface area contributed by atoms with Crippen LogP contribution in [0.15, 0.2) is 23.8 Å². The highest BCUT2D eigenvalue weighted by Crippen LogP contribution is 2.67. The molecule has 182 valence electrons. The zero-order valence-electron chi connectivity index (χ0n) is 21.4. The zero-order chi connectivity index (χ0) is 23.3. The maximum Gasteiger partial charge on any atom is 0.114 e. The van der Waals surface area contributed by atoms with Crippen molar-refractivity contribution in [2.24, 2.45) is 52.3 Å². The summed E-state index contributed by atoms with van der Waals surface area (Å²) in [5, 5.41) is 20.3. The maximum absolute atomic E-state index is 10.3. The highest BCUT2D eigenvalue weighted by molar-refractivity contribution is 5.28. The molecule has 3 saturated carbocycles. The Morgan fingerprint density at radius 2 is 1.81 bits per heavy atom. The summed E-state index contributed by atoms with van der Waals surface area (Å²) in [6, 6.07) is 0. The SMILES string of the molecule is CC[C@@H](/C=C/[C@@H](C)[C@H]1CC[C@@H]2[C@@H]3[C@H](OO)C=C4C[C@@H](O)CC[C@]4(C)[C@H]3CC[C@@]21C)C(C)C. The Kier molecular flexibility index (Phi) is 7.03. The Balaban J connectivity index is 1.59. The molecule has 0 saturated heterocycles. The Morgan fingerprint density at radius 3 is 2.47 bits per heavy atom. The molecule has 4 aliphatic rings. The second-order valence-corrected chi connectivity index (χ2v) is 12.7. The van der Waals surface area contributed by atoms with E-state index < -0.39 is 0 Å². The van der Waals surface area contributed by atoms with Crippen LogP contribution >= 0.6 is 0 Å². The van der Waals surface area contributed by atoms with Crippen LogP contribution in [0.25, 0.3) is 0 Å². The normalized spacial score (nSPS) is 45.8. The Bertz CT molecular complexity index is 726. The van der Waals surface area contributed by atoms with E-state index >= 15 is 0 Å². The molecule has 0 aromatic carbocycles. The molecule has 3 heteroatoms. The molecule has 0 aliphatic heterocycles. The maximum atomic E-state index is 10.3. The first-order valence-electron chi connectivity index (χ1n) is 13.5. The van der Waals surface area contributed by atoms with Gasteiger partial charge < -0.3 is 5.11 Å². The fourth-order valence-electron chi connectivity index (χ4n) is 8.89. The molecule has 0 unspecified atom stereocenters. The van der Waals surface area contributed by atoms with Gasteiger partial charge in [0.2, 0.25) is 0 Å². The Labute approximate surface area is 196 Å². The third kappa shape index (κ3) is 3.95. The first-order valence-corrected chi connectivity index (χ1v) is 13.5. The van der Waals surface area contributed by atoms with E-state index in [1.807, 2.05) is 0 Å². The van der Waals surface area contributed by atoms with Crippen molar-refractivity contribution >= 4 is 0 Å². The molecule has 3 fully saturated rings. The molecule has 0 spiro atoms. The smallest absolute Gasteiger partial charge is 0.114 e. The van der Waals surface area contributed by atoms with Gasteiger partial charge in [0.25, 0.3) is 0 Å². The van der Waals surface area contributed by atoms with Crippen molar-refractivity contribution < 1.29 is 15.3 Å². The van der Waals surface area contributed by atoms with E-state index in [0.717, 1.165) is 19.3 Å². The van der Waals surface area contributed by atoms with E-state index in [1.54, 1.807) is 0 Å². The highest BCUT2D eigenvalue weighted by Gasteiger charge is 2.61. The quantitative estimate of drug-likeness (QED) is 0.257. The molecule has 32 heavy (non-hydrogen) atoms. The number of allylic oxidation sites excluding steroid dienone is 2. The number of hydrogen-bond acceptors (Lipinski definition) is 3. The lowest BCUT2D eigenvalue weighted by Gasteiger charge is -2.59. The zero-order valence-corrected chi connectivity index (χ0v) is 21.4. The van der Waals surface area contributed by atoms with E-state index in [-0.39, 0.29) is 17.6 Å². The molecule has 10 atom stereocenters. The number of hydrogen-bond donors (Lipinski definition) is 2. The molecule has 0 heterocycles. The Morgan fingerprint density at radius 1 is 1.06 bits per heavy atom. The molecular formula is C29H48O3. The van der Waals surface area contributed by atoms with Crippen LogP contribution in [-0.2, 0) is 4.89 Å². The summed E-state index contributed by atoms with van der Waals surface area (Å²) in [6.45, 7) is 14.4. The van der Waals surface area contributed by atoms with Gasteiger partial charge in [0.1, 0.15) is 6.10 Å². The molecule has 0 radical (unpaired) electrons. The van der Waals surface area contributed by atoms with Crippen LogP contribution in [0.3, 0.4) is 0 Å². The topological polar surface area (TPSA) is 49.7 Å². The molecule has 0 aromatic heterocycles. The number of fused-ring (bicyclic) bond motifs is 5. The summed E-state index contributed by atoms with van der Waals surface area (Å²) in [5.41, 5.74) is 1.82. The van der Waals surface area contributed by atoms with Crippen molar-refractivity contribution in [2.45, 2.75) is 105 Å². The molecule has 2 N–H and O–H groups in total. The van der Waals surface area contributed by atoms with Gasteiger partial charge in [0.05, 0.1) is 6.10 Å². The van der Waals surface area contributed by atoms with Gasteiger partial charge >= 0.3 is 0 Å². The third-order valence-electron chi connectivity index (χ3n) is 10.9. The van der Waals surface area contributed by atoms with Gasteiger partial charge in [-0.2, -0.15) is 0 Å². The van der Waals surface area contributed by atoms with Crippen LogP contribution in [0.4, 0.5) is 0 Å². The van der Waals surface area contributed by atoms with Gasteiger partial charge in [-0.1, -0.05) is 65.3 Å². The van der Waals surface area contributed by atoms with Gasteiger partial charge in [0.15, 0.2) is 0 Å². The molecule has 0 bridgehead atoms. The van der Waals surface area contributed by atoms with E-state index in [9.17, 15) is 10.4 Å². The Hall–Kier alpha value is -0.640. The molecule has 0 aromatic rings. The molecular weight excluding hydrogens is 396 g/mol. The fourth-order valence-corrected chi connectivity index (χ4v) is 8.89. The number of aliphatic hydroxyl groups is 1. The molecule has 0 amide bonds. The van der Waals surface area contributed by atoms with Gasteiger partial charge in [-0.25, -0.2) is 4.89 Å². The lowest BCUT2D eigenvalue weighted by Crippen LogP contribution is -2.55. The van der Waals surface area contributed by atoms with Crippen LogP contribution in [-0.4, -0.2) is 22.6 Å². The number of rotatable bonds is 6. The van der Waals surface area contributed by atoms with Crippen LogP contribution in [0.2, 0.25) is 0 Å². The van der Waals surface area contributed by atoms with Crippen molar-refractivity contribution in [1.82, 2.24) is 0 Å². The first-order chi connectivity index (χ1) is 15.2. The van der Waals surface area contributed by atoms with Crippen LogP contribution in [0.5, 0.6) is 0 Å². The van der Waals surface area contributed by atoms with Gasteiger partial charge in [-0.15, -0.1) is 0 Å². The summed E-state index contributed by atoms with van der Waals surface area (Å²) in [4.78, 5) is 5.19. The van der Waals surface area contributed by atoms with Crippen molar-refractivity contribution in [3.05, 3.63) is 23.8 Å². The minimum atomic E-state index is -0.236. The third-order valence-corrected chi connectivity index (χ3v) is 10.9. The van der Waals surface area contributed by atoms with Crippen molar-refractivity contribution in [3.8, 4) is 0 Å². The second kappa shape index (κ2) is 9.19. The fraction of sp³-hybridized carbons (Fsp3) is 0.862. The molecule has 4 rings (SSSR count). The predicted octanol–water partition coefficient (Wildman–Crippen LogP) is 7.27. The summed E-state index contributed by atoms with van der Waals surface area (Å²) in [6.07, 6.45) is 15.8. The van der Waals surface area contributed by atoms with E-state index in [0.29, 0.717) is 46.8 Å². The van der Waals surface area contributed by atoms with Crippen LogP contribution in [0, 0.1) is 52.3 Å². The van der Waals surface area contributed by atoms with Crippen molar-refractivity contribution in [2.75, 3.05) is 0 Å². The lowest BCUT2D eigenvalue weighted by atomic mass is 9.46. The predicted molar refractivity (Wildman–Crippen MR) is 131 cm³/mol. The van der Waals surface area contributed by atoms with Crippen molar-refractivity contribution in [3.63, 3.8) is 0 Å². The van der Waals surface area contributed by atoms with E-state index in [2.05, 4.69) is 59.8 Å². The van der Waals surface area contributed by atoms with Gasteiger partial charge in [0, 0.05) is 0 Å². The van der Waals surface area contributed by atoms with Gasteiger partial charge in [-0.05, 0) is 104 Å².